The Bertz CT molecular complexity index is 337. The maximum Gasteiger partial charge on any atom is 0.132 e. The fourth-order valence-electron chi connectivity index (χ4n) is 1.62. The van der Waals surface area contributed by atoms with E-state index < -0.39 is 11.9 Å². The highest BCUT2D eigenvalue weighted by atomic mass is 19.1. The van der Waals surface area contributed by atoms with Gasteiger partial charge in [-0.3, -0.25) is 0 Å². The van der Waals surface area contributed by atoms with E-state index in [0.29, 0.717) is 11.3 Å². The van der Waals surface area contributed by atoms with Crippen molar-refractivity contribution in [3.05, 3.63) is 29.6 Å². The third-order valence-electron chi connectivity index (χ3n) is 2.45. The topological polar surface area (TPSA) is 29.5 Å². The van der Waals surface area contributed by atoms with Gasteiger partial charge in [-0.2, -0.15) is 0 Å². The molecule has 0 spiro atoms. The van der Waals surface area contributed by atoms with E-state index in [0.717, 1.165) is 12.8 Å². The molecule has 0 saturated heterocycles. The second kappa shape index (κ2) is 5.85. The molecule has 0 heterocycles. The molecular formula is C13H19FO2. The maximum absolute atomic E-state index is 13.5. The summed E-state index contributed by atoms with van der Waals surface area (Å²) in [6.45, 7) is 5.58. The van der Waals surface area contributed by atoms with Gasteiger partial charge < -0.3 is 9.84 Å². The largest absolute Gasteiger partial charge is 0.491 e. The molecule has 3 heteroatoms. The normalized spacial score (nSPS) is 14.6. The lowest BCUT2D eigenvalue weighted by Gasteiger charge is -2.15. The molecule has 0 radical (unpaired) electrons. The molecule has 1 N–H and O–H groups in total. The van der Waals surface area contributed by atoms with Crippen molar-refractivity contribution in [2.45, 2.75) is 45.8 Å². The van der Waals surface area contributed by atoms with Gasteiger partial charge in [0.2, 0.25) is 0 Å². The lowest BCUT2D eigenvalue weighted by Crippen LogP contribution is -2.11. The van der Waals surface area contributed by atoms with Gasteiger partial charge in [0.15, 0.2) is 0 Å². The standard InChI is InChI=1S/C13H19FO2/c1-4-5-9(2)16-11-6-7-12(10(3)15)13(14)8-11/h6-10,15H,4-5H2,1-3H3. The van der Waals surface area contributed by atoms with Crippen LogP contribution < -0.4 is 4.74 Å². The minimum atomic E-state index is -0.790. The lowest BCUT2D eigenvalue weighted by atomic mass is 10.1. The van der Waals surface area contributed by atoms with Gasteiger partial charge >= 0.3 is 0 Å². The molecular weight excluding hydrogens is 207 g/mol. The van der Waals surface area contributed by atoms with Crippen molar-refractivity contribution in [3.63, 3.8) is 0 Å². The van der Waals surface area contributed by atoms with Crippen LogP contribution in [0.15, 0.2) is 18.2 Å². The van der Waals surface area contributed by atoms with Crippen LogP contribution in [0.25, 0.3) is 0 Å². The predicted molar refractivity (Wildman–Crippen MR) is 62.0 cm³/mol. The molecule has 0 aliphatic heterocycles. The van der Waals surface area contributed by atoms with Gasteiger partial charge in [0, 0.05) is 11.6 Å². The zero-order valence-corrected chi connectivity index (χ0v) is 10.0. The van der Waals surface area contributed by atoms with Crippen LogP contribution in [0.4, 0.5) is 4.39 Å². The first-order chi connectivity index (χ1) is 7.54. The average molecular weight is 226 g/mol. The van der Waals surface area contributed by atoms with Crippen molar-refractivity contribution in [3.8, 4) is 5.75 Å². The molecule has 2 nitrogen and oxygen atoms in total. The van der Waals surface area contributed by atoms with Crippen molar-refractivity contribution in [1.82, 2.24) is 0 Å². The van der Waals surface area contributed by atoms with Crippen LogP contribution in [0, 0.1) is 5.82 Å². The maximum atomic E-state index is 13.5. The summed E-state index contributed by atoms with van der Waals surface area (Å²) in [4.78, 5) is 0. The third-order valence-corrected chi connectivity index (χ3v) is 2.45. The molecule has 0 aliphatic rings. The molecule has 90 valence electrons. The van der Waals surface area contributed by atoms with Gasteiger partial charge in [-0.1, -0.05) is 13.3 Å². The van der Waals surface area contributed by atoms with Crippen LogP contribution in [0.2, 0.25) is 0 Å². The zero-order valence-electron chi connectivity index (χ0n) is 10.0. The van der Waals surface area contributed by atoms with Crippen LogP contribution in [0.1, 0.15) is 45.3 Å². The minimum absolute atomic E-state index is 0.0850. The van der Waals surface area contributed by atoms with Crippen molar-refractivity contribution in [1.29, 1.82) is 0 Å². The molecule has 2 atom stereocenters. The van der Waals surface area contributed by atoms with E-state index in [2.05, 4.69) is 6.92 Å². The van der Waals surface area contributed by atoms with Crippen molar-refractivity contribution in [2.75, 3.05) is 0 Å². The summed E-state index contributed by atoms with van der Waals surface area (Å²) < 4.78 is 19.0. The van der Waals surface area contributed by atoms with Gasteiger partial charge in [0.05, 0.1) is 12.2 Å². The van der Waals surface area contributed by atoms with Crippen LogP contribution in [-0.2, 0) is 0 Å². The van der Waals surface area contributed by atoms with Gasteiger partial charge in [0.25, 0.3) is 0 Å². The summed E-state index contributed by atoms with van der Waals surface area (Å²) in [6.07, 6.45) is 1.28. The fourth-order valence-corrected chi connectivity index (χ4v) is 1.62. The van der Waals surface area contributed by atoms with E-state index in [1.165, 1.54) is 6.07 Å². The highest BCUT2D eigenvalue weighted by molar-refractivity contribution is 5.30. The Morgan fingerprint density at radius 1 is 1.38 bits per heavy atom. The number of halogens is 1. The number of hydrogen-bond donors (Lipinski definition) is 1. The third kappa shape index (κ3) is 3.49. The number of hydrogen-bond acceptors (Lipinski definition) is 2. The molecule has 0 aromatic heterocycles. The second-order valence-corrected chi connectivity index (χ2v) is 4.08. The summed E-state index contributed by atoms with van der Waals surface area (Å²) in [5.74, 6) is 0.0963. The molecule has 2 unspecified atom stereocenters. The Morgan fingerprint density at radius 3 is 2.56 bits per heavy atom. The molecule has 1 rings (SSSR count). The first-order valence-corrected chi connectivity index (χ1v) is 5.68. The van der Waals surface area contributed by atoms with Gasteiger partial charge in [-0.15, -0.1) is 0 Å². The first-order valence-electron chi connectivity index (χ1n) is 5.68. The van der Waals surface area contributed by atoms with Crippen molar-refractivity contribution in [2.24, 2.45) is 0 Å². The van der Waals surface area contributed by atoms with E-state index in [1.54, 1.807) is 19.1 Å². The quantitative estimate of drug-likeness (QED) is 0.833. The number of ether oxygens (including phenoxy) is 1. The molecule has 16 heavy (non-hydrogen) atoms. The number of benzene rings is 1. The monoisotopic (exact) mass is 226 g/mol. The molecule has 0 fully saturated rings. The predicted octanol–water partition coefficient (Wildman–Crippen LogP) is 3.45. The van der Waals surface area contributed by atoms with Crippen molar-refractivity contribution >= 4 is 0 Å². The van der Waals surface area contributed by atoms with Crippen LogP contribution >= 0.6 is 0 Å². The molecule has 1 aromatic carbocycles. The summed E-state index contributed by atoms with van der Waals surface area (Å²) in [5.41, 5.74) is 0.301. The Kier molecular flexibility index (Phi) is 4.74. The van der Waals surface area contributed by atoms with Gasteiger partial charge in [-0.25, -0.2) is 4.39 Å². The van der Waals surface area contributed by atoms with Gasteiger partial charge in [-0.05, 0) is 32.4 Å². The van der Waals surface area contributed by atoms with E-state index in [1.807, 2.05) is 6.92 Å². The first kappa shape index (κ1) is 13.0. The van der Waals surface area contributed by atoms with Crippen LogP contribution in [0.5, 0.6) is 5.75 Å². The smallest absolute Gasteiger partial charge is 0.132 e. The summed E-state index contributed by atoms with van der Waals surface area (Å²) in [7, 11) is 0. The number of aliphatic hydroxyl groups is 1. The zero-order chi connectivity index (χ0) is 12.1. The van der Waals surface area contributed by atoms with E-state index >= 15 is 0 Å². The number of aliphatic hydroxyl groups excluding tert-OH is 1. The number of rotatable bonds is 5. The Hall–Kier alpha value is -1.09. The van der Waals surface area contributed by atoms with Crippen molar-refractivity contribution < 1.29 is 14.2 Å². The molecule has 0 amide bonds. The molecule has 1 aromatic rings. The van der Waals surface area contributed by atoms with Crippen LogP contribution in [-0.4, -0.2) is 11.2 Å². The highest BCUT2D eigenvalue weighted by Crippen LogP contribution is 2.22. The van der Waals surface area contributed by atoms with Crippen LogP contribution in [0.3, 0.4) is 0 Å². The molecule has 0 saturated carbocycles. The van der Waals surface area contributed by atoms with E-state index in [-0.39, 0.29) is 6.10 Å². The summed E-state index contributed by atoms with van der Waals surface area (Å²) in [6, 6.07) is 4.58. The average Bonchev–Trinajstić information content (AvgIpc) is 2.17. The lowest BCUT2D eigenvalue weighted by molar-refractivity contribution is 0.192. The minimum Gasteiger partial charge on any atom is -0.491 e. The van der Waals surface area contributed by atoms with Gasteiger partial charge in [0.1, 0.15) is 11.6 Å². The molecule has 0 aliphatic carbocycles. The van der Waals surface area contributed by atoms with E-state index in [9.17, 15) is 9.50 Å². The Labute approximate surface area is 96.1 Å². The molecule has 0 bridgehead atoms. The van der Waals surface area contributed by atoms with E-state index in [4.69, 9.17) is 4.74 Å². The SMILES string of the molecule is CCCC(C)Oc1ccc(C(C)O)c(F)c1. The fraction of sp³-hybridized carbons (Fsp3) is 0.538. The Balaban J connectivity index is 2.73. The second-order valence-electron chi connectivity index (χ2n) is 4.08. The summed E-state index contributed by atoms with van der Waals surface area (Å²) >= 11 is 0. The highest BCUT2D eigenvalue weighted by Gasteiger charge is 2.10. The summed E-state index contributed by atoms with van der Waals surface area (Å²) in [5, 5.41) is 9.28. The Morgan fingerprint density at radius 2 is 2.06 bits per heavy atom.